The summed E-state index contributed by atoms with van der Waals surface area (Å²) in [6.45, 7) is 8.26. The van der Waals surface area contributed by atoms with Gasteiger partial charge in [0.25, 0.3) is 0 Å². The molecule has 1 saturated heterocycles. The van der Waals surface area contributed by atoms with E-state index >= 15 is 0 Å². The van der Waals surface area contributed by atoms with Crippen molar-refractivity contribution in [1.82, 2.24) is 15.5 Å². The van der Waals surface area contributed by atoms with Crippen LogP contribution in [0.15, 0.2) is 24.3 Å². The van der Waals surface area contributed by atoms with Crippen LogP contribution < -0.4 is 15.4 Å². The molecule has 0 radical (unpaired) electrons. The highest BCUT2D eigenvalue weighted by molar-refractivity contribution is 5.98. The molecule has 2 rings (SSSR count). The van der Waals surface area contributed by atoms with Crippen LogP contribution in [0.4, 0.5) is 0 Å². The Balaban J connectivity index is 0.00000338. The summed E-state index contributed by atoms with van der Waals surface area (Å²) >= 11 is 0. The first-order valence-electron chi connectivity index (χ1n) is 9.15. The second-order valence-corrected chi connectivity index (χ2v) is 6.24. The number of carbonyl (C=O) groups is 2. The van der Waals surface area contributed by atoms with Gasteiger partial charge in [-0.05, 0) is 30.7 Å². The summed E-state index contributed by atoms with van der Waals surface area (Å²) in [5, 5.41) is 6.20. The van der Waals surface area contributed by atoms with Gasteiger partial charge in [0.2, 0.25) is 5.91 Å². The number of ether oxygens (including phenoxy) is 1. The van der Waals surface area contributed by atoms with E-state index in [-0.39, 0.29) is 36.9 Å². The molecule has 0 bridgehead atoms. The number of benzene rings is 1. The van der Waals surface area contributed by atoms with Crippen molar-refractivity contribution in [3.05, 3.63) is 29.8 Å². The monoisotopic (exact) mass is 383 g/mol. The predicted molar refractivity (Wildman–Crippen MR) is 105 cm³/mol. The summed E-state index contributed by atoms with van der Waals surface area (Å²) in [6, 6.07) is 7.12. The summed E-state index contributed by atoms with van der Waals surface area (Å²) < 4.78 is 5.50. The summed E-state index contributed by atoms with van der Waals surface area (Å²) in [4.78, 5) is 26.4. The number of carbonyl (C=O) groups excluding carboxylic acids is 2. The maximum Gasteiger partial charge on any atom is 0.220 e. The second kappa shape index (κ2) is 12.7. The first-order valence-corrected chi connectivity index (χ1v) is 9.15. The number of hydrogen-bond donors (Lipinski definition) is 2. The Morgan fingerprint density at radius 3 is 2.50 bits per heavy atom. The molecule has 0 spiro atoms. The molecule has 26 heavy (non-hydrogen) atoms. The number of nitrogens with zero attached hydrogens (tertiary/aromatic N) is 1. The minimum Gasteiger partial charge on any atom is -0.494 e. The van der Waals surface area contributed by atoms with Crippen LogP contribution in [0.1, 0.15) is 36.5 Å². The molecule has 1 aliphatic rings. The smallest absolute Gasteiger partial charge is 0.220 e. The molecule has 1 fully saturated rings. The number of halogens is 1. The fourth-order valence-electron chi connectivity index (χ4n) is 2.70. The van der Waals surface area contributed by atoms with E-state index < -0.39 is 0 Å². The van der Waals surface area contributed by atoms with Crippen LogP contribution in [-0.2, 0) is 4.79 Å². The number of rotatable bonds is 10. The van der Waals surface area contributed by atoms with Crippen molar-refractivity contribution < 1.29 is 14.3 Å². The van der Waals surface area contributed by atoms with Gasteiger partial charge in [0.1, 0.15) is 5.75 Å². The van der Waals surface area contributed by atoms with E-state index in [1.165, 1.54) is 0 Å². The number of hydrogen-bond acceptors (Lipinski definition) is 5. The number of piperazine rings is 1. The van der Waals surface area contributed by atoms with Crippen molar-refractivity contribution >= 4 is 24.1 Å². The van der Waals surface area contributed by atoms with Gasteiger partial charge in [-0.1, -0.05) is 6.92 Å². The molecule has 0 atom stereocenters. The van der Waals surface area contributed by atoms with E-state index in [0.29, 0.717) is 18.7 Å². The predicted octanol–water partition coefficient (Wildman–Crippen LogP) is 1.88. The van der Waals surface area contributed by atoms with Gasteiger partial charge in [-0.2, -0.15) is 0 Å². The standard InChI is InChI=1S/C19H29N3O3.ClH/c1-2-15-25-17-5-3-16(4-6-17)18(23)7-8-19(24)21-11-14-22-12-9-20-10-13-22;/h3-6,20H,2,7-15H2,1H3,(H,21,24);1H. The number of Topliss-reactive ketones (excluding diaryl/α,β-unsaturated/α-hetero) is 1. The Morgan fingerprint density at radius 2 is 1.85 bits per heavy atom. The Bertz CT molecular complexity index is 545. The van der Waals surface area contributed by atoms with Crippen LogP contribution in [0.2, 0.25) is 0 Å². The molecule has 1 heterocycles. The van der Waals surface area contributed by atoms with Crippen LogP contribution in [0, 0.1) is 0 Å². The number of amides is 1. The van der Waals surface area contributed by atoms with Gasteiger partial charge in [-0.15, -0.1) is 12.4 Å². The maximum atomic E-state index is 12.2. The van der Waals surface area contributed by atoms with E-state index in [9.17, 15) is 9.59 Å². The van der Waals surface area contributed by atoms with Gasteiger partial charge >= 0.3 is 0 Å². The third kappa shape index (κ3) is 8.17. The zero-order valence-corrected chi connectivity index (χ0v) is 16.3. The highest BCUT2D eigenvalue weighted by Gasteiger charge is 2.11. The summed E-state index contributed by atoms with van der Waals surface area (Å²) in [5.41, 5.74) is 0.623. The highest BCUT2D eigenvalue weighted by Crippen LogP contribution is 2.14. The molecular weight excluding hydrogens is 354 g/mol. The summed E-state index contributed by atoms with van der Waals surface area (Å²) in [5.74, 6) is 0.690. The zero-order chi connectivity index (χ0) is 17.9. The first kappa shape index (κ1) is 22.4. The van der Waals surface area contributed by atoms with E-state index in [0.717, 1.165) is 44.9 Å². The quantitative estimate of drug-likeness (QED) is 0.604. The largest absolute Gasteiger partial charge is 0.494 e. The summed E-state index contributed by atoms with van der Waals surface area (Å²) in [6.07, 6.45) is 1.41. The van der Waals surface area contributed by atoms with Gasteiger partial charge in [0.05, 0.1) is 6.61 Å². The molecule has 7 heteroatoms. The van der Waals surface area contributed by atoms with Crippen molar-refractivity contribution in [3.63, 3.8) is 0 Å². The minimum atomic E-state index is -0.0635. The Labute approximate surface area is 162 Å². The van der Waals surface area contributed by atoms with Crippen LogP contribution in [0.3, 0.4) is 0 Å². The molecule has 6 nitrogen and oxygen atoms in total. The van der Waals surface area contributed by atoms with E-state index in [2.05, 4.69) is 15.5 Å². The lowest BCUT2D eigenvalue weighted by atomic mass is 10.1. The lowest BCUT2D eigenvalue weighted by Gasteiger charge is -2.27. The maximum absolute atomic E-state index is 12.2. The molecule has 2 N–H and O–H groups in total. The van der Waals surface area contributed by atoms with Gasteiger partial charge in [-0.3, -0.25) is 14.5 Å². The van der Waals surface area contributed by atoms with Crippen molar-refractivity contribution in [3.8, 4) is 5.75 Å². The number of nitrogens with one attached hydrogen (secondary N) is 2. The fourth-order valence-corrected chi connectivity index (χ4v) is 2.70. The Morgan fingerprint density at radius 1 is 1.15 bits per heavy atom. The summed E-state index contributed by atoms with van der Waals surface area (Å²) in [7, 11) is 0. The van der Waals surface area contributed by atoms with Gasteiger partial charge in [0.15, 0.2) is 5.78 Å². The molecule has 0 saturated carbocycles. The van der Waals surface area contributed by atoms with Crippen molar-refractivity contribution in [1.29, 1.82) is 0 Å². The highest BCUT2D eigenvalue weighted by atomic mass is 35.5. The third-order valence-electron chi connectivity index (χ3n) is 4.19. The Hall–Kier alpha value is -1.63. The molecule has 146 valence electrons. The van der Waals surface area contributed by atoms with Crippen LogP contribution >= 0.6 is 12.4 Å². The molecule has 0 aliphatic carbocycles. The zero-order valence-electron chi connectivity index (χ0n) is 15.5. The van der Waals surface area contributed by atoms with Crippen LogP contribution in [0.25, 0.3) is 0 Å². The van der Waals surface area contributed by atoms with Crippen LogP contribution in [0.5, 0.6) is 5.75 Å². The first-order chi connectivity index (χ1) is 12.2. The van der Waals surface area contributed by atoms with Gasteiger partial charge < -0.3 is 15.4 Å². The second-order valence-electron chi connectivity index (χ2n) is 6.24. The SMILES string of the molecule is CCCOc1ccc(C(=O)CCC(=O)NCCN2CCNCC2)cc1.Cl. The van der Waals surface area contributed by atoms with Crippen molar-refractivity contribution in [2.24, 2.45) is 0 Å². The van der Waals surface area contributed by atoms with Gasteiger partial charge in [-0.25, -0.2) is 0 Å². The third-order valence-corrected chi connectivity index (χ3v) is 4.19. The normalized spacial score (nSPS) is 14.3. The topological polar surface area (TPSA) is 70.7 Å². The average molecular weight is 384 g/mol. The average Bonchev–Trinajstić information content (AvgIpc) is 2.65. The lowest BCUT2D eigenvalue weighted by molar-refractivity contribution is -0.121. The molecule has 1 amide bonds. The molecule has 0 unspecified atom stereocenters. The van der Waals surface area contributed by atoms with E-state index in [1.807, 2.05) is 6.92 Å². The Kier molecular flexibility index (Phi) is 10.9. The lowest BCUT2D eigenvalue weighted by Crippen LogP contribution is -2.46. The molecule has 1 aliphatic heterocycles. The molecule has 1 aromatic rings. The van der Waals surface area contributed by atoms with Crippen molar-refractivity contribution in [2.45, 2.75) is 26.2 Å². The van der Waals surface area contributed by atoms with Crippen molar-refractivity contribution in [2.75, 3.05) is 45.9 Å². The molecule has 1 aromatic carbocycles. The van der Waals surface area contributed by atoms with Gasteiger partial charge in [0, 0.05) is 57.7 Å². The van der Waals surface area contributed by atoms with E-state index in [1.54, 1.807) is 24.3 Å². The fraction of sp³-hybridized carbons (Fsp3) is 0.579. The molecular formula is C19H30ClN3O3. The van der Waals surface area contributed by atoms with Crippen LogP contribution in [-0.4, -0.2) is 62.5 Å². The molecule has 0 aromatic heterocycles. The van der Waals surface area contributed by atoms with E-state index in [4.69, 9.17) is 4.74 Å². The number of ketones is 1. The minimum absolute atomic E-state index is 0.